The Morgan fingerprint density at radius 2 is 1.89 bits per heavy atom. The Hall–Kier alpha value is -2.15. The van der Waals surface area contributed by atoms with Gasteiger partial charge >= 0.3 is 0 Å². The fourth-order valence-corrected chi connectivity index (χ4v) is 4.26. The minimum atomic E-state index is -0.300. The van der Waals surface area contributed by atoms with E-state index in [2.05, 4.69) is 11.9 Å². The fraction of sp³-hybridized carbons (Fsp3) is 0.476. The van der Waals surface area contributed by atoms with E-state index in [0.717, 1.165) is 31.5 Å². The van der Waals surface area contributed by atoms with E-state index in [-0.39, 0.29) is 23.0 Å². The Kier molecular flexibility index (Phi) is 6.54. The quantitative estimate of drug-likeness (QED) is 0.568. The van der Waals surface area contributed by atoms with Crippen molar-refractivity contribution in [2.75, 3.05) is 18.8 Å². The molecule has 1 amide bonds. The average molecular weight is 404 g/mol. The summed E-state index contributed by atoms with van der Waals surface area (Å²) in [6.45, 7) is 5.63. The van der Waals surface area contributed by atoms with Crippen LogP contribution in [0.5, 0.6) is 0 Å². The maximum absolute atomic E-state index is 13.1. The number of aromatic nitrogens is 2. The van der Waals surface area contributed by atoms with Crippen molar-refractivity contribution in [2.24, 2.45) is 13.0 Å². The number of piperidine rings is 1. The monoisotopic (exact) mass is 403 g/mol. The molecular weight excluding hydrogens is 377 g/mol. The molecule has 0 N–H and O–H groups in total. The first kappa shape index (κ1) is 20.6. The first-order valence-corrected chi connectivity index (χ1v) is 10.5. The van der Waals surface area contributed by atoms with Crippen LogP contribution in [0.15, 0.2) is 34.2 Å². The number of rotatable bonds is 5. The van der Waals surface area contributed by atoms with Crippen LogP contribution in [0, 0.1) is 18.7 Å². The summed E-state index contributed by atoms with van der Waals surface area (Å²) in [5.41, 5.74) is 1.97. The minimum Gasteiger partial charge on any atom is -0.342 e. The molecule has 5 nitrogen and oxygen atoms in total. The van der Waals surface area contributed by atoms with Crippen LogP contribution in [0.2, 0.25) is 0 Å². The molecular formula is C21H26FN3O2S. The number of nitrogens with zero attached hydrogens (tertiary/aromatic N) is 3. The Morgan fingerprint density at radius 3 is 2.54 bits per heavy atom. The van der Waals surface area contributed by atoms with Crippen LogP contribution < -0.4 is 5.56 Å². The fourth-order valence-electron chi connectivity index (χ4n) is 3.34. The maximum atomic E-state index is 13.1. The van der Waals surface area contributed by atoms with Crippen molar-refractivity contribution < 1.29 is 9.18 Å². The van der Waals surface area contributed by atoms with Gasteiger partial charge in [-0.3, -0.25) is 14.2 Å². The summed E-state index contributed by atoms with van der Waals surface area (Å²) < 4.78 is 14.6. The van der Waals surface area contributed by atoms with E-state index >= 15 is 0 Å². The summed E-state index contributed by atoms with van der Waals surface area (Å²) in [6.07, 6.45) is 2.50. The van der Waals surface area contributed by atoms with Crippen LogP contribution in [-0.4, -0.2) is 39.2 Å². The van der Waals surface area contributed by atoms with Crippen LogP contribution in [0.25, 0.3) is 0 Å². The van der Waals surface area contributed by atoms with Crippen molar-refractivity contribution in [2.45, 2.75) is 38.3 Å². The number of carbonyl (C=O) groups is 1. The van der Waals surface area contributed by atoms with E-state index in [1.807, 2.05) is 4.90 Å². The first-order valence-electron chi connectivity index (χ1n) is 9.56. The van der Waals surface area contributed by atoms with Crippen molar-refractivity contribution in [1.82, 2.24) is 14.5 Å². The van der Waals surface area contributed by atoms with Gasteiger partial charge in [0, 0.05) is 37.8 Å². The second-order valence-electron chi connectivity index (χ2n) is 7.48. The molecule has 0 aliphatic carbocycles. The Labute approximate surface area is 169 Å². The zero-order valence-electron chi connectivity index (χ0n) is 16.6. The summed E-state index contributed by atoms with van der Waals surface area (Å²) in [6, 6.07) is 6.13. The van der Waals surface area contributed by atoms with Crippen molar-refractivity contribution in [1.29, 1.82) is 0 Å². The Morgan fingerprint density at radius 1 is 1.25 bits per heavy atom. The summed E-state index contributed by atoms with van der Waals surface area (Å²) in [4.78, 5) is 31.7. The number of amides is 1. The SMILES string of the molecule is Cc1nc(SCC(=O)N2CCC(C)CC2)n(C)c(=O)c1Cc1ccc(F)cc1. The van der Waals surface area contributed by atoms with E-state index in [1.165, 1.54) is 28.5 Å². The summed E-state index contributed by atoms with van der Waals surface area (Å²) in [5, 5.41) is 0.545. The van der Waals surface area contributed by atoms with Crippen molar-refractivity contribution >= 4 is 17.7 Å². The van der Waals surface area contributed by atoms with Crippen LogP contribution in [0.1, 0.15) is 36.6 Å². The third kappa shape index (κ3) is 4.82. The number of thioether (sulfide) groups is 1. The second kappa shape index (κ2) is 8.90. The average Bonchev–Trinajstić information content (AvgIpc) is 2.68. The second-order valence-corrected chi connectivity index (χ2v) is 8.42. The lowest BCUT2D eigenvalue weighted by molar-refractivity contribution is -0.129. The zero-order valence-corrected chi connectivity index (χ0v) is 17.4. The third-order valence-corrected chi connectivity index (χ3v) is 6.32. The Balaban J connectivity index is 1.70. The highest BCUT2D eigenvalue weighted by atomic mass is 32.2. The predicted molar refractivity (Wildman–Crippen MR) is 109 cm³/mol. The standard InChI is InChI=1S/C21H26FN3O2S/c1-14-8-10-25(11-9-14)19(26)13-28-21-23-15(2)18(20(27)24(21)3)12-16-4-6-17(22)7-5-16/h4-7,14H,8-13H2,1-3H3. The topological polar surface area (TPSA) is 55.2 Å². The molecule has 0 radical (unpaired) electrons. The lowest BCUT2D eigenvalue weighted by atomic mass is 9.99. The van der Waals surface area contributed by atoms with E-state index in [0.29, 0.717) is 28.8 Å². The number of hydrogen-bond acceptors (Lipinski definition) is 4. The maximum Gasteiger partial charge on any atom is 0.257 e. The lowest BCUT2D eigenvalue weighted by Gasteiger charge is -2.30. The predicted octanol–water partition coefficient (Wildman–Crippen LogP) is 3.17. The van der Waals surface area contributed by atoms with Gasteiger partial charge in [-0.05, 0) is 43.4 Å². The van der Waals surface area contributed by atoms with E-state index in [1.54, 1.807) is 26.1 Å². The highest BCUT2D eigenvalue weighted by Gasteiger charge is 2.21. The molecule has 0 saturated carbocycles. The van der Waals surface area contributed by atoms with Crippen LogP contribution >= 0.6 is 11.8 Å². The van der Waals surface area contributed by atoms with Crippen LogP contribution in [0.4, 0.5) is 4.39 Å². The van der Waals surface area contributed by atoms with E-state index < -0.39 is 0 Å². The number of aryl methyl sites for hydroxylation is 1. The molecule has 1 aromatic carbocycles. The van der Waals surface area contributed by atoms with Gasteiger partial charge in [-0.25, -0.2) is 9.37 Å². The van der Waals surface area contributed by atoms with Gasteiger partial charge in [-0.2, -0.15) is 0 Å². The molecule has 1 aliphatic heterocycles. The van der Waals surface area contributed by atoms with Crippen molar-refractivity contribution in [3.8, 4) is 0 Å². The number of hydrogen-bond donors (Lipinski definition) is 0. The zero-order chi connectivity index (χ0) is 20.3. The van der Waals surface area contributed by atoms with Crippen molar-refractivity contribution in [3.05, 3.63) is 57.3 Å². The molecule has 0 atom stereocenters. The first-order chi connectivity index (χ1) is 13.3. The molecule has 0 unspecified atom stereocenters. The molecule has 1 aliphatic rings. The molecule has 0 spiro atoms. The smallest absolute Gasteiger partial charge is 0.257 e. The van der Waals surface area contributed by atoms with Crippen LogP contribution in [-0.2, 0) is 18.3 Å². The lowest BCUT2D eigenvalue weighted by Crippen LogP contribution is -2.39. The minimum absolute atomic E-state index is 0.0965. The summed E-state index contributed by atoms with van der Waals surface area (Å²) >= 11 is 1.31. The normalized spacial score (nSPS) is 15.1. The molecule has 150 valence electrons. The van der Waals surface area contributed by atoms with Crippen LogP contribution in [0.3, 0.4) is 0 Å². The highest BCUT2D eigenvalue weighted by Crippen LogP contribution is 2.20. The van der Waals surface area contributed by atoms with Crippen molar-refractivity contribution in [3.63, 3.8) is 0 Å². The van der Waals surface area contributed by atoms with E-state index in [4.69, 9.17) is 0 Å². The van der Waals surface area contributed by atoms with Gasteiger partial charge in [0.15, 0.2) is 5.16 Å². The van der Waals surface area contributed by atoms with Gasteiger partial charge in [-0.1, -0.05) is 30.8 Å². The van der Waals surface area contributed by atoms with Gasteiger partial charge in [0.2, 0.25) is 5.91 Å². The van der Waals surface area contributed by atoms with Gasteiger partial charge in [-0.15, -0.1) is 0 Å². The molecule has 3 rings (SSSR count). The van der Waals surface area contributed by atoms with Gasteiger partial charge < -0.3 is 4.90 Å². The highest BCUT2D eigenvalue weighted by molar-refractivity contribution is 7.99. The number of benzene rings is 1. The summed E-state index contributed by atoms with van der Waals surface area (Å²) in [7, 11) is 1.68. The Bertz CT molecular complexity index is 903. The van der Waals surface area contributed by atoms with Gasteiger partial charge in [0.1, 0.15) is 5.82 Å². The van der Waals surface area contributed by atoms with Gasteiger partial charge in [0.25, 0.3) is 5.56 Å². The number of halogens is 1. The molecule has 1 aromatic heterocycles. The van der Waals surface area contributed by atoms with Gasteiger partial charge in [0.05, 0.1) is 5.75 Å². The molecule has 0 bridgehead atoms. The van der Waals surface area contributed by atoms with E-state index in [9.17, 15) is 14.0 Å². The summed E-state index contributed by atoms with van der Waals surface area (Å²) in [5.74, 6) is 0.756. The molecule has 7 heteroatoms. The number of likely N-dealkylation sites (tertiary alicyclic amines) is 1. The molecule has 2 aromatic rings. The largest absolute Gasteiger partial charge is 0.342 e. The third-order valence-electron chi connectivity index (χ3n) is 5.31. The molecule has 1 saturated heterocycles. The molecule has 2 heterocycles. The molecule has 28 heavy (non-hydrogen) atoms. The molecule has 1 fully saturated rings. The number of carbonyl (C=O) groups excluding carboxylic acids is 1.